The molecule has 0 saturated carbocycles. The molecule has 87 valence electrons. The molecule has 0 spiro atoms. The molecule has 0 aromatic heterocycles. The molecule has 0 amide bonds. The zero-order valence-electron chi connectivity index (χ0n) is 9.11. The molecule has 0 N–H and O–H groups in total. The molecule has 1 atom stereocenters. The zero-order valence-corrected chi connectivity index (χ0v) is 11.3. The maximum atomic E-state index is 10.1. The van der Waals surface area contributed by atoms with Crippen LogP contribution in [0.4, 0.5) is 0 Å². The van der Waals surface area contributed by atoms with Crippen LogP contribution < -0.4 is 9.47 Å². The Morgan fingerprint density at radius 3 is 2.69 bits per heavy atom. The predicted molar refractivity (Wildman–Crippen MR) is 71.0 cm³/mol. The lowest BCUT2D eigenvalue weighted by Gasteiger charge is -2.14. The van der Waals surface area contributed by atoms with Crippen molar-refractivity contribution in [2.24, 2.45) is 0 Å². The fourth-order valence-corrected chi connectivity index (χ4v) is 1.96. The Hall–Kier alpha value is -0.780. The van der Waals surface area contributed by atoms with E-state index in [0.717, 1.165) is 24.3 Å². The quantitative estimate of drug-likeness (QED) is 0.437. The van der Waals surface area contributed by atoms with Crippen LogP contribution in [0.3, 0.4) is 0 Å². The minimum absolute atomic E-state index is 0.0437. The number of alkyl halides is 1. The van der Waals surface area contributed by atoms with Gasteiger partial charge in [-0.05, 0) is 47.6 Å². The minimum Gasteiger partial charge on any atom is -0.493 e. The highest BCUT2D eigenvalue weighted by Crippen LogP contribution is 2.28. The molecule has 4 heteroatoms. The van der Waals surface area contributed by atoms with Crippen molar-refractivity contribution in [1.29, 1.82) is 0 Å². The van der Waals surface area contributed by atoms with Gasteiger partial charge in [-0.2, -0.15) is 0 Å². The van der Waals surface area contributed by atoms with Crippen molar-refractivity contribution in [2.45, 2.75) is 23.4 Å². The first-order valence-corrected chi connectivity index (χ1v) is 6.31. The SMILES string of the molecule is COc1ccccc1OC(I)CCC[C]=O. The Bertz CT molecular complexity index is 328. The van der Waals surface area contributed by atoms with Gasteiger partial charge in [-0.3, -0.25) is 4.79 Å². The summed E-state index contributed by atoms with van der Waals surface area (Å²) in [6.07, 6.45) is 3.97. The van der Waals surface area contributed by atoms with Gasteiger partial charge in [0.25, 0.3) is 0 Å². The molecule has 0 saturated heterocycles. The van der Waals surface area contributed by atoms with E-state index in [1.807, 2.05) is 30.6 Å². The van der Waals surface area contributed by atoms with Crippen LogP contribution in [-0.4, -0.2) is 17.5 Å². The molecule has 0 fully saturated rings. The first-order chi connectivity index (χ1) is 7.77. The average Bonchev–Trinajstić information content (AvgIpc) is 2.30. The second-order valence-electron chi connectivity index (χ2n) is 3.22. The third kappa shape index (κ3) is 4.38. The number of unbranched alkanes of at least 4 members (excludes halogenated alkanes) is 1. The highest BCUT2D eigenvalue weighted by Gasteiger charge is 2.09. The predicted octanol–water partition coefficient (Wildman–Crippen LogP) is 3.12. The average molecular weight is 333 g/mol. The normalized spacial score (nSPS) is 11.9. The smallest absolute Gasteiger partial charge is 0.198 e. The summed E-state index contributed by atoms with van der Waals surface area (Å²) in [5.41, 5.74) is 0. The summed E-state index contributed by atoms with van der Waals surface area (Å²) in [7, 11) is 1.62. The van der Waals surface area contributed by atoms with Gasteiger partial charge in [0.2, 0.25) is 0 Å². The van der Waals surface area contributed by atoms with Crippen molar-refractivity contribution in [2.75, 3.05) is 7.11 Å². The van der Waals surface area contributed by atoms with Crippen LogP contribution in [0, 0.1) is 0 Å². The van der Waals surface area contributed by atoms with Gasteiger partial charge in [-0.1, -0.05) is 12.1 Å². The maximum Gasteiger partial charge on any atom is 0.198 e. The Balaban J connectivity index is 2.48. The van der Waals surface area contributed by atoms with Crippen molar-refractivity contribution >= 4 is 28.9 Å². The Morgan fingerprint density at radius 2 is 2.06 bits per heavy atom. The Labute approximate surface area is 109 Å². The first-order valence-electron chi connectivity index (χ1n) is 5.06. The van der Waals surface area contributed by atoms with Crippen LogP contribution in [0.25, 0.3) is 0 Å². The molecule has 0 aliphatic heterocycles. The lowest BCUT2D eigenvalue weighted by atomic mass is 10.2. The molecule has 3 nitrogen and oxygen atoms in total. The van der Waals surface area contributed by atoms with Gasteiger partial charge in [-0.25, -0.2) is 0 Å². The number of para-hydroxylation sites is 2. The van der Waals surface area contributed by atoms with Gasteiger partial charge in [0, 0.05) is 6.42 Å². The van der Waals surface area contributed by atoms with E-state index < -0.39 is 0 Å². The van der Waals surface area contributed by atoms with Crippen LogP contribution in [0.1, 0.15) is 19.3 Å². The van der Waals surface area contributed by atoms with Crippen LogP contribution in [0.15, 0.2) is 24.3 Å². The maximum absolute atomic E-state index is 10.1. The van der Waals surface area contributed by atoms with Crippen LogP contribution in [0.2, 0.25) is 0 Å². The molecular weight excluding hydrogens is 319 g/mol. The molecule has 1 aromatic carbocycles. The summed E-state index contributed by atoms with van der Waals surface area (Å²) >= 11 is 2.21. The van der Waals surface area contributed by atoms with Crippen molar-refractivity contribution in [1.82, 2.24) is 0 Å². The highest BCUT2D eigenvalue weighted by atomic mass is 127. The van der Waals surface area contributed by atoms with E-state index in [1.54, 1.807) is 7.11 Å². The number of benzene rings is 1. The van der Waals surface area contributed by atoms with Gasteiger partial charge >= 0.3 is 0 Å². The summed E-state index contributed by atoms with van der Waals surface area (Å²) in [4.78, 5) is 10.1. The standard InChI is InChI=1S/C12H14IO3/c1-15-10-6-2-3-7-11(10)16-12(13)8-4-5-9-14/h2-3,6-7,12H,4-5,8H2,1H3. The van der Waals surface area contributed by atoms with E-state index in [4.69, 9.17) is 9.47 Å². The van der Waals surface area contributed by atoms with Crippen molar-refractivity contribution in [3.05, 3.63) is 24.3 Å². The summed E-state index contributed by atoms with van der Waals surface area (Å²) in [5, 5.41) is 0. The second-order valence-corrected chi connectivity index (χ2v) is 4.60. The summed E-state index contributed by atoms with van der Waals surface area (Å²) in [5.74, 6) is 1.46. The molecule has 1 aromatic rings. The fraction of sp³-hybridized carbons (Fsp3) is 0.417. The molecule has 1 rings (SSSR count). The molecule has 16 heavy (non-hydrogen) atoms. The zero-order chi connectivity index (χ0) is 11.8. The third-order valence-electron chi connectivity index (χ3n) is 2.03. The number of halogens is 1. The fourth-order valence-electron chi connectivity index (χ4n) is 1.25. The monoisotopic (exact) mass is 333 g/mol. The molecule has 1 radical (unpaired) electrons. The molecule has 0 aliphatic carbocycles. The van der Waals surface area contributed by atoms with E-state index in [9.17, 15) is 4.79 Å². The first kappa shape index (κ1) is 13.3. The van der Waals surface area contributed by atoms with Crippen molar-refractivity contribution < 1.29 is 14.3 Å². The van der Waals surface area contributed by atoms with Crippen LogP contribution >= 0.6 is 22.6 Å². The van der Waals surface area contributed by atoms with Crippen LogP contribution in [-0.2, 0) is 4.79 Å². The number of ether oxygens (including phenoxy) is 2. The molecule has 0 aliphatic rings. The number of methoxy groups -OCH3 is 1. The topological polar surface area (TPSA) is 35.5 Å². The summed E-state index contributed by atoms with van der Waals surface area (Å²) in [6, 6.07) is 7.53. The Kier molecular flexibility index (Phi) is 6.22. The number of rotatable bonds is 7. The van der Waals surface area contributed by atoms with Gasteiger partial charge in [-0.15, -0.1) is 0 Å². The van der Waals surface area contributed by atoms with E-state index in [2.05, 4.69) is 22.6 Å². The van der Waals surface area contributed by atoms with E-state index in [0.29, 0.717) is 6.42 Å². The largest absolute Gasteiger partial charge is 0.493 e. The van der Waals surface area contributed by atoms with Gasteiger partial charge < -0.3 is 9.47 Å². The van der Waals surface area contributed by atoms with E-state index in [1.165, 1.54) is 0 Å². The lowest BCUT2D eigenvalue weighted by Crippen LogP contribution is -2.08. The number of hydrogen-bond donors (Lipinski definition) is 0. The highest BCUT2D eigenvalue weighted by molar-refractivity contribution is 14.1. The molecular formula is C12H14IO3. The lowest BCUT2D eigenvalue weighted by molar-refractivity contribution is 0.272. The third-order valence-corrected chi connectivity index (χ3v) is 2.91. The van der Waals surface area contributed by atoms with Crippen LogP contribution in [0.5, 0.6) is 11.5 Å². The Morgan fingerprint density at radius 1 is 1.38 bits per heavy atom. The van der Waals surface area contributed by atoms with Gasteiger partial charge in [0.1, 0.15) is 4.11 Å². The van der Waals surface area contributed by atoms with Crippen molar-refractivity contribution in [3.63, 3.8) is 0 Å². The number of hydrogen-bond acceptors (Lipinski definition) is 3. The minimum atomic E-state index is 0.0437. The second kappa shape index (κ2) is 7.49. The van der Waals surface area contributed by atoms with Crippen molar-refractivity contribution in [3.8, 4) is 11.5 Å². The van der Waals surface area contributed by atoms with E-state index in [-0.39, 0.29) is 4.11 Å². The molecule has 1 unspecified atom stereocenters. The molecule has 0 heterocycles. The molecule has 0 bridgehead atoms. The van der Waals surface area contributed by atoms with Gasteiger partial charge in [0.15, 0.2) is 17.8 Å². The summed E-state index contributed by atoms with van der Waals surface area (Å²) < 4.78 is 10.9. The van der Waals surface area contributed by atoms with E-state index >= 15 is 0 Å². The number of carbonyl (C=O) groups excluding carboxylic acids is 1. The summed E-state index contributed by atoms with van der Waals surface area (Å²) in [6.45, 7) is 0. The van der Waals surface area contributed by atoms with Gasteiger partial charge in [0.05, 0.1) is 7.11 Å².